The Morgan fingerprint density at radius 3 is 2.45 bits per heavy atom. The van der Waals surface area contributed by atoms with E-state index in [1.54, 1.807) is 0 Å². The molecule has 1 aromatic rings. The van der Waals surface area contributed by atoms with Crippen molar-refractivity contribution in [3.05, 3.63) is 35.9 Å². The number of benzene rings is 1. The van der Waals surface area contributed by atoms with Gasteiger partial charge in [0.15, 0.2) is 0 Å². The number of carboxylic acids is 1. The highest BCUT2D eigenvalue weighted by atomic mass is 16.4. The van der Waals surface area contributed by atoms with E-state index in [1.165, 1.54) is 0 Å². The average Bonchev–Trinajstić information content (AvgIpc) is 2.95. The van der Waals surface area contributed by atoms with Crippen molar-refractivity contribution in [2.24, 2.45) is 11.8 Å². The van der Waals surface area contributed by atoms with Crippen molar-refractivity contribution in [2.75, 3.05) is 0 Å². The zero-order valence-corrected chi connectivity index (χ0v) is 11.7. The third-order valence-corrected chi connectivity index (χ3v) is 4.08. The van der Waals surface area contributed by atoms with E-state index in [0.717, 1.165) is 12.0 Å². The minimum absolute atomic E-state index is 0.00702. The zero-order valence-electron chi connectivity index (χ0n) is 11.7. The number of carbonyl (C=O) groups is 2. The van der Waals surface area contributed by atoms with E-state index in [0.29, 0.717) is 19.3 Å². The van der Waals surface area contributed by atoms with Crippen LogP contribution in [0.1, 0.15) is 44.2 Å². The predicted molar refractivity (Wildman–Crippen MR) is 76.1 cm³/mol. The SMILES string of the molecule is CCC(NC(=O)[C@@H]1CC[C@H](C(=O)O)C1)c1ccccc1. The molecule has 1 saturated carbocycles. The van der Waals surface area contributed by atoms with Crippen LogP contribution in [0.25, 0.3) is 0 Å². The van der Waals surface area contributed by atoms with Crippen molar-refractivity contribution in [3.63, 3.8) is 0 Å². The highest BCUT2D eigenvalue weighted by molar-refractivity contribution is 5.81. The van der Waals surface area contributed by atoms with Gasteiger partial charge in [0.2, 0.25) is 5.91 Å². The van der Waals surface area contributed by atoms with E-state index in [2.05, 4.69) is 5.32 Å². The summed E-state index contributed by atoms with van der Waals surface area (Å²) in [5.41, 5.74) is 1.09. The van der Waals surface area contributed by atoms with Crippen molar-refractivity contribution in [2.45, 2.75) is 38.6 Å². The van der Waals surface area contributed by atoms with Gasteiger partial charge in [0.05, 0.1) is 12.0 Å². The second-order valence-electron chi connectivity index (χ2n) is 5.43. The third-order valence-electron chi connectivity index (χ3n) is 4.08. The molecule has 0 aliphatic heterocycles. The molecule has 0 radical (unpaired) electrons. The normalized spacial score (nSPS) is 23.2. The van der Waals surface area contributed by atoms with Gasteiger partial charge < -0.3 is 10.4 Å². The summed E-state index contributed by atoms with van der Waals surface area (Å²) in [5.74, 6) is -1.31. The van der Waals surface area contributed by atoms with E-state index in [4.69, 9.17) is 5.11 Å². The molecular weight excluding hydrogens is 254 g/mol. The van der Waals surface area contributed by atoms with E-state index in [9.17, 15) is 9.59 Å². The highest BCUT2D eigenvalue weighted by Crippen LogP contribution is 2.31. The van der Waals surface area contributed by atoms with E-state index in [1.807, 2.05) is 37.3 Å². The Kier molecular flexibility index (Phi) is 4.77. The summed E-state index contributed by atoms with van der Waals surface area (Å²) in [5, 5.41) is 12.0. The van der Waals surface area contributed by atoms with Gasteiger partial charge in [-0.1, -0.05) is 37.3 Å². The highest BCUT2D eigenvalue weighted by Gasteiger charge is 2.34. The van der Waals surface area contributed by atoms with Gasteiger partial charge >= 0.3 is 5.97 Å². The zero-order chi connectivity index (χ0) is 14.5. The molecule has 1 aliphatic carbocycles. The van der Waals surface area contributed by atoms with Gasteiger partial charge in [-0.3, -0.25) is 9.59 Å². The van der Waals surface area contributed by atoms with Crippen LogP contribution >= 0.6 is 0 Å². The molecule has 2 N–H and O–H groups in total. The first-order valence-electron chi connectivity index (χ1n) is 7.20. The van der Waals surface area contributed by atoms with Gasteiger partial charge in [-0.05, 0) is 31.2 Å². The first kappa shape index (κ1) is 14.6. The number of hydrogen-bond donors (Lipinski definition) is 2. The molecule has 0 heterocycles. The van der Waals surface area contributed by atoms with Crippen molar-refractivity contribution >= 4 is 11.9 Å². The summed E-state index contributed by atoms with van der Waals surface area (Å²) in [6.07, 6.45) is 2.57. The molecule has 20 heavy (non-hydrogen) atoms. The molecule has 3 atom stereocenters. The van der Waals surface area contributed by atoms with Crippen molar-refractivity contribution in [1.29, 1.82) is 0 Å². The molecule has 1 aromatic carbocycles. The van der Waals surface area contributed by atoms with Gasteiger partial charge in [-0.15, -0.1) is 0 Å². The van der Waals surface area contributed by atoms with Crippen molar-refractivity contribution in [1.82, 2.24) is 5.32 Å². The van der Waals surface area contributed by atoms with E-state index in [-0.39, 0.29) is 23.8 Å². The lowest BCUT2D eigenvalue weighted by molar-refractivity contribution is -0.141. The lowest BCUT2D eigenvalue weighted by Crippen LogP contribution is -2.33. The first-order valence-corrected chi connectivity index (χ1v) is 7.20. The Morgan fingerprint density at radius 1 is 1.25 bits per heavy atom. The van der Waals surface area contributed by atoms with Gasteiger partial charge in [0.25, 0.3) is 0 Å². The van der Waals surface area contributed by atoms with E-state index < -0.39 is 5.97 Å². The second kappa shape index (κ2) is 6.55. The summed E-state index contributed by atoms with van der Waals surface area (Å²) >= 11 is 0. The maximum Gasteiger partial charge on any atom is 0.306 e. The Labute approximate surface area is 119 Å². The summed E-state index contributed by atoms with van der Waals surface area (Å²) < 4.78 is 0. The molecule has 0 saturated heterocycles. The van der Waals surface area contributed by atoms with Gasteiger partial charge in [-0.2, -0.15) is 0 Å². The van der Waals surface area contributed by atoms with Crippen LogP contribution in [-0.2, 0) is 9.59 Å². The van der Waals surface area contributed by atoms with Crippen LogP contribution in [0.4, 0.5) is 0 Å². The number of rotatable bonds is 5. The monoisotopic (exact) mass is 275 g/mol. The quantitative estimate of drug-likeness (QED) is 0.868. The molecule has 4 nitrogen and oxygen atoms in total. The molecule has 1 unspecified atom stereocenters. The summed E-state index contributed by atoms with van der Waals surface area (Å²) in [6.45, 7) is 2.03. The van der Waals surface area contributed by atoms with E-state index >= 15 is 0 Å². The predicted octanol–water partition coefficient (Wildman–Crippen LogP) is 2.75. The van der Waals surface area contributed by atoms with Crippen molar-refractivity contribution in [3.8, 4) is 0 Å². The van der Waals surface area contributed by atoms with Crippen molar-refractivity contribution < 1.29 is 14.7 Å². The molecule has 1 amide bonds. The minimum Gasteiger partial charge on any atom is -0.481 e. The fourth-order valence-electron chi connectivity index (χ4n) is 2.84. The topological polar surface area (TPSA) is 66.4 Å². The van der Waals surface area contributed by atoms with Gasteiger partial charge in [-0.25, -0.2) is 0 Å². The average molecular weight is 275 g/mol. The third kappa shape index (κ3) is 3.38. The molecule has 0 aromatic heterocycles. The Bertz CT molecular complexity index is 472. The fraction of sp³-hybridized carbons (Fsp3) is 0.500. The minimum atomic E-state index is -0.782. The lowest BCUT2D eigenvalue weighted by Gasteiger charge is -2.20. The molecule has 108 valence electrons. The van der Waals surface area contributed by atoms with Crippen LogP contribution in [0.5, 0.6) is 0 Å². The van der Waals surface area contributed by atoms with Crippen LogP contribution in [0.2, 0.25) is 0 Å². The van der Waals surface area contributed by atoms with Gasteiger partial charge in [0.1, 0.15) is 0 Å². The fourth-order valence-corrected chi connectivity index (χ4v) is 2.84. The Hall–Kier alpha value is -1.84. The number of amides is 1. The van der Waals surface area contributed by atoms with Crippen LogP contribution in [-0.4, -0.2) is 17.0 Å². The van der Waals surface area contributed by atoms with Crippen LogP contribution in [0.3, 0.4) is 0 Å². The molecule has 4 heteroatoms. The standard InChI is InChI=1S/C16H21NO3/c1-2-14(11-6-4-3-5-7-11)17-15(18)12-8-9-13(10-12)16(19)20/h3-7,12-14H,2,8-10H2,1H3,(H,17,18)(H,19,20)/t12-,13+,14?/m1/s1. The number of nitrogens with one attached hydrogen (secondary N) is 1. The molecular formula is C16H21NO3. The molecule has 0 spiro atoms. The van der Waals surface area contributed by atoms with Crippen LogP contribution in [0, 0.1) is 11.8 Å². The number of aliphatic carboxylic acids is 1. The molecule has 0 bridgehead atoms. The molecule has 2 rings (SSSR count). The maximum absolute atomic E-state index is 12.3. The summed E-state index contributed by atoms with van der Waals surface area (Å²) in [7, 11) is 0. The Balaban J connectivity index is 1.95. The molecule has 1 fully saturated rings. The second-order valence-corrected chi connectivity index (χ2v) is 5.43. The largest absolute Gasteiger partial charge is 0.481 e. The first-order chi connectivity index (χ1) is 9.61. The Morgan fingerprint density at radius 2 is 1.90 bits per heavy atom. The molecule has 1 aliphatic rings. The lowest BCUT2D eigenvalue weighted by atomic mass is 10.0. The number of hydrogen-bond acceptors (Lipinski definition) is 2. The van der Waals surface area contributed by atoms with Crippen LogP contribution < -0.4 is 5.32 Å². The maximum atomic E-state index is 12.3. The number of carbonyl (C=O) groups excluding carboxylic acids is 1. The summed E-state index contributed by atoms with van der Waals surface area (Å²) in [4.78, 5) is 23.2. The summed E-state index contributed by atoms with van der Waals surface area (Å²) in [6, 6.07) is 9.88. The smallest absolute Gasteiger partial charge is 0.306 e. The van der Waals surface area contributed by atoms with Crippen LogP contribution in [0.15, 0.2) is 30.3 Å². The number of carboxylic acid groups (broad SMARTS) is 1. The van der Waals surface area contributed by atoms with Gasteiger partial charge in [0, 0.05) is 5.92 Å².